The van der Waals surface area contributed by atoms with Crippen molar-refractivity contribution in [3.8, 4) is 0 Å². The Kier molecular flexibility index (Phi) is 6.78. The highest BCUT2D eigenvalue weighted by atomic mass is 79.9. The lowest BCUT2D eigenvalue weighted by Gasteiger charge is -2.27. The van der Waals surface area contributed by atoms with Gasteiger partial charge in [-0.15, -0.1) is 0 Å². The van der Waals surface area contributed by atoms with Gasteiger partial charge in [0.05, 0.1) is 0 Å². The van der Waals surface area contributed by atoms with E-state index in [-0.39, 0.29) is 0 Å². The number of hydrogen-bond acceptors (Lipinski definition) is 2. The van der Waals surface area contributed by atoms with Crippen molar-refractivity contribution in [2.24, 2.45) is 0 Å². The minimum absolute atomic E-state index is 0.615. The van der Waals surface area contributed by atoms with Crippen molar-refractivity contribution in [2.75, 3.05) is 20.6 Å². The van der Waals surface area contributed by atoms with Crippen molar-refractivity contribution in [2.45, 2.75) is 32.4 Å². The molecule has 1 rings (SSSR count). The molecule has 0 aliphatic heterocycles. The third-order valence-corrected chi connectivity index (χ3v) is 3.50. The molecule has 0 bridgehead atoms. The first-order valence-electron chi connectivity index (χ1n) is 6.26. The number of nitrogens with zero attached hydrogens (tertiary/aromatic N) is 1. The van der Waals surface area contributed by atoms with E-state index in [9.17, 15) is 0 Å². The van der Waals surface area contributed by atoms with Gasteiger partial charge in [0.1, 0.15) is 0 Å². The van der Waals surface area contributed by atoms with E-state index in [4.69, 9.17) is 0 Å². The molecule has 96 valence electrons. The Morgan fingerprint density at radius 1 is 1.41 bits per heavy atom. The Morgan fingerprint density at radius 2 is 2.18 bits per heavy atom. The summed E-state index contributed by atoms with van der Waals surface area (Å²) in [7, 11) is 4.23. The molecule has 1 N–H and O–H groups in total. The molecular weight excluding hydrogens is 276 g/mol. The zero-order chi connectivity index (χ0) is 12.7. The number of nitrogens with one attached hydrogen (secondary N) is 1. The minimum Gasteiger partial charge on any atom is -0.318 e. The SMILES string of the molecule is CCCC(CNC)N(C)Cc1cccc(Br)c1. The summed E-state index contributed by atoms with van der Waals surface area (Å²) in [6.45, 7) is 4.31. The molecule has 0 spiro atoms. The maximum atomic E-state index is 3.52. The van der Waals surface area contributed by atoms with Crippen LogP contribution in [0.4, 0.5) is 0 Å². The summed E-state index contributed by atoms with van der Waals surface area (Å²) in [5.74, 6) is 0. The van der Waals surface area contributed by atoms with Gasteiger partial charge >= 0.3 is 0 Å². The third-order valence-electron chi connectivity index (χ3n) is 3.01. The highest BCUT2D eigenvalue weighted by Crippen LogP contribution is 2.15. The Hall–Kier alpha value is -0.380. The van der Waals surface area contributed by atoms with E-state index in [1.165, 1.54) is 18.4 Å². The van der Waals surface area contributed by atoms with Crippen molar-refractivity contribution in [1.29, 1.82) is 0 Å². The van der Waals surface area contributed by atoms with Crippen LogP contribution >= 0.6 is 15.9 Å². The molecule has 0 aliphatic rings. The molecule has 0 heterocycles. The van der Waals surface area contributed by atoms with Crippen molar-refractivity contribution in [3.05, 3.63) is 34.3 Å². The minimum atomic E-state index is 0.615. The number of halogens is 1. The van der Waals surface area contributed by atoms with Crippen molar-refractivity contribution >= 4 is 15.9 Å². The quantitative estimate of drug-likeness (QED) is 0.831. The Labute approximate surface area is 114 Å². The van der Waals surface area contributed by atoms with Crippen molar-refractivity contribution in [3.63, 3.8) is 0 Å². The average molecular weight is 299 g/mol. The van der Waals surface area contributed by atoms with Gasteiger partial charge in [0.15, 0.2) is 0 Å². The molecule has 0 aromatic heterocycles. The van der Waals surface area contributed by atoms with Crippen LogP contribution in [0.2, 0.25) is 0 Å². The molecule has 0 saturated heterocycles. The summed E-state index contributed by atoms with van der Waals surface area (Å²) >= 11 is 3.52. The number of benzene rings is 1. The van der Waals surface area contributed by atoms with Crippen molar-refractivity contribution in [1.82, 2.24) is 10.2 Å². The third kappa shape index (κ3) is 5.19. The first-order chi connectivity index (χ1) is 8.17. The van der Waals surface area contributed by atoms with Gasteiger partial charge < -0.3 is 5.32 Å². The van der Waals surface area contributed by atoms with Crippen molar-refractivity contribution < 1.29 is 0 Å². The molecule has 1 unspecified atom stereocenters. The number of rotatable bonds is 7. The average Bonchev–Trinajstić information content (AvgIpc) is 2.28. The van der Waals surface area contributed by atoms with Crippen LogP contribution < -0.4 is 5.32 Å². The van der Waals surface area contributed by atoms with Gasteiger partial charge in [-0.1, -0.05) is 41.4 Å². The smallest absolute Gasteiger partial charge is 0.0234 e. The molecule has 1 atom stereocenters. The second-order valence-corrected chi connectivity index (χ2v) is 5.46. The van der Waals surface area contributed by atoms with E-state index < -0.39 is 0 Å². The largest absolute Gasteiger partial charge is 0.318 e. The summed E-state index contributed by atoms with van der Waals surface area (Å²) in [5, 5.41) is 3.28. The fourth-order valence-electron chi connectivity index (χ4n) is 2.10. The maximum absolute atomic E-state index is 3.52. The van der Waals surface area contributed by atoms with Crippen LogP contribution in [-0.4, -0.2) is 31.6 Å². The van der Waals surface area contributed by atoms with Crippen LogP contribution in [0.1, 0.15) is 25.3 Å². The molecular formula is C14H23BrN2. The summed E-state index contributed by atoms with van der Waals surface area (Å²) in [5.41, 5.74) is 1.36. The second kappa shape index (κ2) is 7.85. The first-order valence-corrected chi connectivity index (χ1v) is 7.06. The molecule has 17 heavy (non-hydrogen) atoms. The maximum Gasteiger partial charge on any atom is 0.0234 e. The molecule has 0 radical (unpaired) electrons. The molecule has 0 amide bonds. The highest BCUT2D eigenvalue weighted by Gasteiger charge is 2.13. The van der Waals surface area contributed by atoms with Crippen LogP contribution in [0.15, 0.2) is 28.7 Å². The van der Waals surface area contributed by atoms with Crippen LogP contribution in [0.25, 0.3) is 0 Å². The zero-order valence-corrected chi connectivity index (χ0v) is 12.6. The molecule has 0 saturated carbocycles. The Morgan fingerprint density at radius 3 is 2.76 bits per heavy atom. The first kappa shape index (κ1) is 14.7. The predicted molar refractivity (Wildman–Crippen MR) is 78.2 cm³/mol. The number of hydrogen-bond donors (Lipinski definition) is 1. The van der Waals surface area contributed by atoms with E-state index in [0.29, 0.717) is 6.04 Å². The fraction of sp³-hybridized carbons (Fsp3) is 0.571. The molecule has 1 aromatic carbocycles. The van der Waals surface area contributed by atoms with Gasteiger partial charge in [-0.25, -0.2) is 0 Å². The second-order valence-electron chi connectivity index (χ2n) is 4.55. The van der Waals surface area contributed by atoms with Gasteiger partial charge in [-0.2, -0.15) is 0 Å². The lowest BCUT2D eigenvalue weighted by molar-refractivity contribution is 0.218. The summed E-state index contributed by atoms with van der Waals surface area (Å²) in [6.07, 6.45) is 2.47. The summed E-state index contributed by atoms with van der Waals surface area (Å²) < 4.78 is 1.16. The van der Waals surface area contributed by atoms with E-state index in [1.807, 2.05) is 7.05 Å². The molecule has 0 aliphatic carbocycles. The zero-order valence-electron chi connectivity index (χ0n) is 11.0. The predicted octanol–water partition coefficient (Wildman–Crippen LogP) is 3.27. The van der Waals surface area contributed by atoms with Gasteiger partial charge in [0.25, 0.3) is 0 Å². The molecule has 3 heteroatoms. The lowest BCUT2D eigenvalue weighted by Crippen LogP contribution is -2.38. The van der Waals surface area contributed by atoms with E-state index in [0.717, 1.165) is 17.6 Å². The standard InChI is InChI=1S/C14H23BrN2/c1-4-6-14(10-16-2)17(3)11-12-7-5-8-13(15)9-12/h5,7-9,14,16H,4,6,10-11H2,1-3H3. The van der Waals surface area contributed by atoms with Gasteiger partial charge in [-0.3, -0.25) is 4.90 Å². The van der Waals surface area contributed by atoms with E-state index in [1.54, 1.807) is 0 Å². The Balaban J connectivity index is 2.59. The van der Waals surface area contributed by atoms with Crippen LogP contribution in [-0.2, 0) is 6.54 Å². The van der Waals surface area contributed by atoms with Crippen LogP contribution in [0.5, 0.6) is 0 Å². The van der Waals surface area contributed by atoms with Gasteiger partial charge in [0.2, 0.25) is 0 Å². The fourth-order valence-corrected chi connectivity index (χ4v) is 2.55. The van der Waals surface area contributed by atoms with E-state index in [2.05, 4.69) is 64.4 Å². The topological polar surface area (TPSA) is 15.3 Å². The van der Waals surface area contributed by atoms with Crippen LogP contribution in [0.3, 0.4) is 0 Å². The van der Waals surface area contributed by atoms with Gasteiger partial charge in [0, 0.05) is 23.6 Å². The highest BCUT2D eigenvalue weighted by molar-refractivity contribution is 9.10. The molecule has 2 nitrogen and oxygen atoms in total. The lowest BCUT2D eigenvalue weighted by atomic mass is 10.1. The summed E-state index contributed by atoms with van der Waals surface area (Å²) in [6, 6.07) is 9.16. The van der Waals surface area contributed by atoms with E-state index >= 15 is 0 Å². The monoisotopic (exact) mass is 298 g/mol. The Bertz CT molecular complexity index is 322. The van der Waals surface area contributed by atoms with Gasteiger partial charge in [-0.05, 0) is 38.2 Å². The van der Waals surface area contributed by atoms with Crippen LogP contribution in [0, 0.1) is 0 Å². The molecule has 0 fully saturated rings. The molecule has 1 aromatic rings. The number of likely N-dealkylation sites (N-methyl/N-ethyl adjacent to an activating group) is 2. The summed E-state index contributed by atoms with van der Waals surface area (Å²) in [4.78, 5) is 2.43. The normalized spacial score (nSPS) is 13.0.